The Morgan fingerprint density at radius 2 is 1.94 bits per heavy atom. The standard InChI is InChI=1S/C12H16ClNO2S/c1-17(15,16)14-7-5-10(6-8-14)11-3-2-4-12(13)9-11/h2-4,9-10H,5-8H2,1H3. The number of hydrogen-bond acceptors (Lipinski definition) is 2. The predicted molar refractivity (Wildman–Crippen MR) is 69.8 cm³/mol. The van der Waals surface area contributed by atoms with Gasteiger partial charge in [-0.2, -0.15) is 0 Å². The van der Waals surface area contributed by atoms with Crippen LogP contribution in [-0.4, -0.2) is 32.1 Å². The van der Waals surface area contributed by atoms with Gasteiger partial charge in [0.25, 0.3) is 0 Å². The van der Waals surface area contributed by atoms with E-state index in [1.807, 2.05) is 18.2 Å². The highest BCUT2D eigenvalue weighted by Crippen LogP contribution is 2.30. The molecule has 1 aromatic rings. The Morgan fingerprint density at radius 1 is 1.29 bits per heavy atom. The van der Waals surface area contributed by atoms with Crippen molar-refractivity contribution in [2.24, 2.45) is 0 Å². The minimum absolute atomic E-state index is 0.423. The summed E-state index contributed by atoms with van der Waals surface area (Å²) in [5, 5.41) is 0.744. The van der Waals surface area contributed by atoms with Gasteiger partial charge in [0.2, 0.25) is 10.0 Å². The lowest BCUT2D eigenvalue weighted by atomic mass is 9.90. The molecule has 0 amide bonds. The van der Waals surface area contributed by atoms with Gasteiger partial charge < -0.3 is 0 Å². The molecule has 0 N–H and O–H groups in total. The van der Waals surface area contributed by atoms with E-state index in [9.17, 15) is 8.42 Å². The Kier molecular flexibility index (Phi) is 3.76. The van der Waals surface area contributed by atoms with Crippen LogP contribution in [0.15, 0.2) is 24.3 Å². The molecule has 94 valence electrons. The minimum Gasteiger partial charge on any atom is -0.213 e. The first-order valence-electron chi connectivity index (χ1n) is 5.67. The summed E-state index contributed by atoms with van der Waals surface area (Å²) in [5.74, 6) is 0.423. The molecular weight excluding hydrogens is 258 g/mol. The summed E-state index contributed by atoms with van der Waals surface area (Å²) in [4.78, 5) is 0. The monoisotopic (exact) mass is 273 g/mol. The van der Waals surface area contributed by atoms with E-state index in [0.717, 1.165) is 17.9 Å². The van der Waals surface area contributed by atoms with Crippen LogP contribution >= 0.6 is 11.6 Å². The maximum absolute atomic E-state index is 11.4. The van der Waals surface area contributed by atoms with Crippen molar-refractivity contribution < 1.29 is 8.42 Å². The molecule has 17 heavy (non-hydrogen) atoms. The molecule has 1 aliphatic heterocycles. The van der Waals surface area contributed by atoms with Crippen LogP contribution in [0.3, 0.4) is 0 Å². The Morgan fingerprint density at radius 3 is 2.47 bits per heavy atom. The average molecular weight is 274 g/mol. The second kappa shape index (κ2) is 4.96. The molecule has 1 heterocycles. The number of sulfonamides is 1. The van der Waals surface area contributed by atoms with Gasteiger partial charge in [-0.15, -0.1) is 0 Å². The normalized spacial score (nSPS) is 19.4. The van der Waals surface area contributed by atoms with Gasteiger partial charge >= 0.3 is 0 Å². The van der Waals surface area contributed by atoms with Gasteiger partial charge in [0.05, 0.1) is 6.26 Å². The van der Waals surface area contributed by atoms with Crippen LogP contribution in [0.4, 0.5) is 0 Å². The molecule has 0 saturated carbocycles. The number of piperidine rings is 1. The van der Waals surface area contributed by atoms with Crippen molar-refractivity contribution in [2.75, 3.05) is 19.3 Å². The molecule has 0 bridgehead atoms. The summed E-state index contributed by atoms with van der Waals surface area (Å²) in [6.07, 6.45) is 3.01. The van der Waals surface area contributed by atoms with E-state index < -0.39 is 10.0 Å². The van der Waals surface area contributed by atoms with Crippen LogP contribution in [-0.2, 0) is 10.0 Å². The number of nitrogens with zero attached hydrogens (tertiary/aromatic N) is 1. The van der Waals surface area contributed by atoms with Gasteiger partial charge in [0.1, 0.15) is 0 Å². The molecule has 0 unspecified atom stereocenters. The molecular formula is C12H16ClNO2S. The van der Waals surface area contributed by atoms with Crippen molar-refractivity contribution in [1.29, 1.82) is 0 Å². The zero-order valence-corrected chi connectivity index (χ0v) is 11.3. The summed E-state index contributed by atoms with van der Waals surface area (Å²) in [6, 6.07) is 7.84. The fourth-order valence-corrected chi connectivity index (χ4v) is 3.35. The van der Waals surface area contributed by atoms with Crippen LogP contribution < -0.4 is 0 Å². The highest BCUT2D eigenvalue weighted by Gasteiger charge is 2.25. The van der Waals surface area contributed by atoms with E-state index in [2.05, 4.69) is 6.07 Å². The Labute approximate surface area is 107 Å². The fourth-order valence-electron chi connectivity index (χ4n) is 2.28. The van der Waals surface area contributed by atoms with Gasteiger partial charge in [0.15, 0.2) is 0 Å². The van der Waals surface area contributed by atoms with Crippen molar-refractivity contribution in [1.82, 2.24) is 4.31 Å². The lowest BCUT2D eigenvalue weighted by molar-refractivity contribution is 0.321. The lowest BCUT2D eigenvalue weighted by Gasteiger charge is -2.30. The quantitative estimate of drug-likeness (QED) is 0.830. The van der Waals surface area contributed by atoms with Crippen LogP contribution in [0.1, 0.15) is 24.3 Å². The van der Waals surface area contributed by atoms with E-state index in [-0.39, 0.29) is 0 Å². The highest BCUT2D eigenvalue weighted by molar-refractivity contribution is 7.88. The number of hydrogen-bond donors (Lipinski definition) is 0. The molecule has 1 aliphatic rings. The average Bonchev–Trinajstić information content (AvgIpc) is 2.28. The third-order valence-electron chi connectivity index (χ3n) is 3.24. The van der Waals surface area contributed by atoms with Crippen molar-refractivity contribution in [3.63, 3.8) is 0 Å². The van der Waals surface area contributed by atoms with Crippen molar-refractivity contribution in [2.45, 2.75) is 18.8 Å². The molecule has 1 fully saturated rings. The molecule has 0 radical (unpaired) electrons. The molecule has 1 saturated heterocycles. The van der Waals surface area contributed by atoms with Gasteiger partial charge in [-0.3, -0.25) is 0 Å². The fraction of sp³-hybridized carbons (Fsp3) is 0.500. The SMILES string of the molecule is CS(=O)(=O)N1CCC(c2cccc(Cl)c2)CC1. The first kappa shape index (κ1) is 12.9. The van der Waals surface area contributed by atoms with Gasteiger partial charge in [-0.1, -0.05) is 23.7 Å². The third-order valence-corrected chi connectivity index (χ3v) is 4.78. The van der Waals surface area contributed by atoms with E-state index >= 15 is 0 Å². The van der Waals surface area contributed by atoms with E-state index in [1.165, 1.54) is 11.8 Å². The second-order valence-electron chi connectivity index (χ2n) is 4.49. The van der Waals surface area contributed by atoms with Crippen LogP contribution in [0.5, 0.6) is 0 Å². The number of benzene rings is 1. The predicted octanol–water partition coefficient (Wildman–Crippen LogP) is 2.48. The largest absolute Gasteiger partial charge is 0.213 e. The molecule has 2 rings (SSSR count). The maximum Gasteiger partial charge on any atom is 0.211 e. The summed E-state index contributed by atoms with van der Waals surface area (Å²) < 4.78 is 24.3. The van der Waals surface area contributed by atoms with Crippen LogP contribution in [0.25, 0.3) is 0 Å². The zero-order valence-electron chi connectivity index (χ0n) is 9.77. The van der Waals surface area contributed by atoms with Gasteiger partial charge in [0, 0.05) is 18.1 Å². The molecule has 0 atom stereocenters. The maximum atomic E-state index is 11.4. The Balaban J connectivity index is 2.05. The molecule has 0 aliphatic carbocycles. The van der Waals surface area contributed by atoms with Gasteiger partial charge in [-0.05, 0) is 36.5 Å². The zero-order chi connectivity index (χ0) is 12.5. The lowest BCUT2D eigenvalue weighted by Crippen LogP contribution is -2.37. The molecule has 0 aromatic heterocycles. The first-order chi connectivity index (χ1) is 7.97. The summed E-state index contributed by atoms with van der Waals surface area (Å²) in [7, 11) is -3.03. The highest BCUT2D eigenvalue weighted by atomic mass is 35.5. The summed E-state index contributed by atoms with van der Waals surface area (Å²) in [6.45, 7) is 1.21. The van der Waals surface area contributed by atoms with E-state index in [1.54, 1.807) is 4.31 Å². The van der Waals surface area contributed by atoms with E-state index in [0.29, 0.717) is 19.0 Å². The Bertz CT molecular complexity index is 493. The topological polar surface area (TPSA) is 37.4 Å². The molecule has 1 aromatic carbocycles. The third kappa shape index (κ3) is 3.21. The first-order valence-corrected chi connectivity index (χ1v) is 7.90. The summed E-state index contributed by atoms with van der Waals surface area (Å²) >= 11 is 5.96. The smallest absolute Gasteiger partial charge is 0.211 e. The van der Waals surface area contributed by atoms with Crippen molar-refractivity contribution in [3.8, 4) is 0 Å². The van der Waals surface area contributed by atoms with Crippen molar-refractivity contribution >= 4 is 21.6 Å². The van der Waals surface area contributed by atoms with E-state index in [4.69, 9.17) is 11.6 Å². The molecule has 0 spiro atoms. The van der Waals surface area contributed by atoms with Gasteiger partial charge in [-0.25, -0.2) is 12.7 Å². The van der Waals surface area contributed by atoms with Crippen molar-refractivity contribution in [3.05, 3.63) is 34.9 Å². The summed E-state index contributed by atoms with van der Waals surface area (Å²) in [5.41, 5.74) is 1.21. The van der Waals surface area contributed by atoms with Crippen LogP contribution in [0.2, 0.25) is 5.02 Å². The Hall–Kier alpha value is -0.580. The molecule has 3 nitrogen and oxygen atoms in total. The van der Waals surface area contributed by atoms with Crippen LogP contribution in [0, 0.1) is 0 Å². The number of halogens is 1. The molecule has 5 heteroatoms. The second-order valence-corrected chi connectivity index (χ2v) is 6.91. The minimum atomic E-state index is -3.03. The number of rotatable bonds is 2.